The average Bonchev–Trinajstić information content (AvgIpc) is 2.61. The van der Waals surface area contributed by atoms with Crippen LogP contribution in [0.15, 0.2) is 17.3 Å². The van der Waals surface area contributed by atoms with E-state index in [-0.39, 0.29) is 5.75 Å². The number of carboxylic acids is 1. The number of aromatic nitrogens is 2. The van der Waals surface area contributed by atoms with E-state index in [2.05, 4.69) is 4.98 Å². The molecule has 136 valence electrons. The monoisotopic (exact) mass is 368 g/mol. The molecule has 0 amide bonds. The van der Waals surface area contributed by atoms with Gasteiger partial charge in [-0.1, -0.05) is 4.98 Å². The largest absolute Gasteiger partial charge is 0.493 e. The average molecular weight is 368 g/mol. The van der Waals surface area contributed by atoms with E-state index in [0.717, 1.165) is 23.6 Å². The van der Waals surface area contributed by atoms with Crippen LogP contribution in [0.2, 0.25) is 0 Å². The number of aliphatic carboxylic acids is 1. The van der Waals surface area contributed by atoms with Gasteiger partial charge in [-0.15, -0.1) is 0 Å². The van der Waals surface area contributed by atoms with Gasteiger partial charge >= 0.3 is 5.97 Å². The first kappa shape index (κ1) is 19.1. The number of hydrogen-bond acceptors (Lipinski definition) is 7. The van der Waals surface area contributed by atoms with Crippen LogP contribution in [0.5, 0.6) is 11.5 Å². The minimum absolute atomic E-state index is 0.102. The summed E-state index contributed by atoms with van der Waals surface area (Å²) in [4.78, 5) is 15.5. The summed E-state index contributed by atoms with van der Waals surface area (Å²) < 4.78 is 17.5. The number of rotatable bonds is 9. The Bertz CT molecular complexity index is 769. The Morgan fingerprint density at radius 3 is 2.56 bits per heavy atom. The van der Waals surface area contributed by atoms with Crippen molar-refractivity contribution in [3.8, 4) is 11.5 Å². The second kappa shape index (κ2) is 8.72. The second-order valence-electron chi connectivity index (χ2n) is 5.18. The molecule has 0 saturated carbocycles. The fourth-order valence-corrected chi connectivity index (χ4v) is 3.16. The van der Waals surface area contributed by atoms with Crippen LogP contribution in [0.3, 0.4) is 0 Å². The zero-order valence-electron chi connectivity index (χ0n) is 14.4. The SMILES string of the molecule is COCCC[n+]1c(SCC(=O)O)nc2cc(OC)c(OC)cc2c1N. The van der Waals surface area contributed by atoms with Crippen molar-refractivity contribution in [3.63, 3.8) is 0 Å². The minimum Gasteiger partial charge on any atom is -0.493 e. The second-order valence-corrected chi connectivity index (χ2v) is 6.13. The van der Waals surface area contributed by atoms with Gasteiger partial charge in [0.2, 0.25) is 5.82 Å². The van der Waals surface area contributed by atoms with Crippen LogP contribution in [-0.4, -0.2) is 49.7 Å². The Morgan fingerprint density at radius 2 is 1.96 bits per heavy atom. The molecular weight excluding hydrogens is 346 g/mol. The van der Waals surface area contributed by atoms with Crippen LogP contribution in [0.4, 0.5) is 5.82 Å². The summed E-state index contributed by atoms with van der Waals surface area (Å²) in [5.41, 5.74) is 6.97. The highest BCUT2D eigenvalue weighted by molar-refractivity contribution is 7.99. The smallest absolute Gasteiger partial charge is 0.314 e. The molecule has 3 N–H and O–H groups in total. The fourth-order valence-electron chi connectivity index (χ4n) is 2.40. The molecule has 1 heterocycles. The van der Waals surface area contributed by atoms with Gasteiger partial charge in [0.25, 0.3) is 5.16 Å². The number of carbonyl (C=O) groups is 1. The molecular formula is C16H22N3O5S+. The molecule has 0 aliphatic rings. The lowest BCUT2D eigenvalue weighted by Crippen LogP contribution is -2.41. The van der Waals surface area contributed by atoms with Crippen LogP contribution in [0, 0.1) is 0 Å². The van der Waals surface area contributed by atoms with Gasteiger partial charge in [0, 0.05) is 32.3 Å². The molecule has 0 bridgehead atoms. The first-order chi connectivity index (χ1) is 12.0. The van der Waals surface area contributed by atoms with E-state index in [0.29, 0.717) is 41.1 Å². The molecule has 0 fully saturated rings. The van der Waals surface area contributed by atoms with Gasteiger partial charge in [-0.25, -0.2) is 4.57 Å². The molecule has 2 aromatic rings. The molecule has 0 aliphatic carbocycles. The van der Waals surface area contributed by atoms with Crippen molar-refractivity contribution in [2.24, 2.45) is 0 Å². The molecule has 8 nitrogen and oxygen atoms in total. The summed E-state index contributed by atoms with van der Waals surface area (Å²) in [5, 5.41) is 10.2. The first-order valence-corrected chi connectivity index (χ1v) is 8.59. The minimum atomic E-state index is -0.916. The van der Waals surface area contributed by atoms with Crippen molar-refractivity contribution in [1.29, 1.82) is 0 Å². The Labute approximate surface area is 149 Å². The van der Waals surface area contributed by atoms with Crippen molar-refractivity contribution in [2.45, 2.75) is 18.1 Å². The molecule has 0 saturated heterocycles. The highest BCUT2D eigenvalue weighted by Crippen LogP contribution is 2.33. The molecule has 25 heavy (non-hydrogen) atoms. The Morgan fingerprint density at radius 1 is 1.28 bits per heavy atom. The maximum Gasteiger partial charge on any atom is 0.314 e. The number of nitrogen functional groups attached to an aromatic ring is 1. The Kier molecular flexibility index (Phi) is 6.65. The molecule has 1 aromatic heterocycles. The van der Waals surface area contributed by atoms with E-state index in [1.807, 2.05) is 0 Å². The molecule has 9 heteroatoms. The third kappa shape index (κ3) is 4.43. The molecule has 0 radical (unpaired) electrons. The molecule has 2 rings (SSSR count). The summed E-state index contributed by atoms with van der Waals surface area (Å²) in [6.45, 7) is 1.14. The number of methoxy groups -OCH3 is 3. The maximum atomic E-state index is 10.9. The highest BCUT2D eigenvalue weighted by atomic mass is 32.2. The zero-order valence-corrected chi connectivity index (χ0v) is 15.3. The summed E-state index contributed by atoms with van der Waals surface area (Å²) in [5.74, 6) is 0.567. The van der Waals surface area contributed by atoms with Crippen molar-refractivity contribution in [1.82, 2.24) is 4.98 Å². The van der Waals surface area contributed by atoms with E-state index in [1.54, 1.807) is 38.0 Å². The standard InChI is InChI=1S/C16H21N3O5S/c1-22-6-4-5-19-15(17)10-7-12(23-2)13(24-3)8-11(10)18-16(19)25-9-14(20)21/h7-8,17H,4-6,9H2,1-3H3,(H,20,21)/p+1. The number of benzene rings is 1. The third-order valence-corrected chi connectivity index (χ3v) is 4.53. The van der Waals surface area contributed by atoms with Gasteiger partial charge in [-0.2, -0.15) is 0 Å². The lowest BCUT2D eigenvalue weighted by molar-refractivity contribution is -0.722. The zero-order chi connectivity index (χ0) is 18.4. The van der Waals surface area contributed by atoms with Crippen LogP contribution in [0.1, 0.15) is 6.42 Å². The van der Waals surface area contributed by atoms with Crippen LogP contribution < -0.4 is 19.8 Å². The quantitative estimate of drug-likeness (QED) is 0.295. The van der Waals surface area contributed by atoms with Gasteiger partial charge in [0.05, 0.1) is 26.2 Å². The molecule has 0 spiro atoms. The van der Waals surface area contributed by atoms with E-state index < -0.39 is 5.97 Å². The fraction of sp³-hybridized carbons (Fsp3) is 0.438. The van der Waals surface area contributed by atoms with E-state index in [1.165, 1.54) is 0 Å². The number of carboxylic acid groups (broad SMARTS) is 1. The number of nitrogens with two attached hydrogens (primary N) is 1. The van der Waals surface area contributed by atoms with Gasteiger partial charge in [0.1, 0.15) is 5.75 Å². The predicted octanol–water partition coefficient (Wildman–Crippen LogP) is 1.33. The summed E-state index contributed by atoms with van der Waals surface area (Å²) in [6, 6.07) is 3.50. The number of nitrogens with zero attached hydrogens (tertiary/aromatic N) is 2. The molecule has 1 aromatic carbocycles. The Hall–Kier alpha value is -2.26. The maximum absolute atomic E-state index is 10.9. The van der Waals surface area contributed by atoms with Crippen LogP contribution in [-0.2, 0) is 16.1 Å². The number of thioether (sulfide) groups is 1. The number of hydrogen-bond donors (Lipinski definition) is 2. The number of ether oxygens (including phenoxy) is 3. The topological polar surface area (TPSA) is 108 Å². The third-order valence-electron chi connectivity index (χ3n) is 3.57. The van der Waals surface area contributed by atoms with Gasteiger partial charge in [-0.3, -0.25) is 4.79 Å². The van der Waals surface area contributed by atoms with Crippen molar-refractivity contribution in [2.75, 3.05) is 39.4 Å². The first-order valence-electron chi connectivity index (χ1n) is 7.60. The van der Waals surface area contributed by atoms with Crippen molar-refractivity contribution in [3.05, 3.63) is 12.1 Å². The lowest BCUT2D eigenvalue weighted by atomic mass is 10.2. The van der Waals surface area contributed by atoms with Crippen LogP contribution in [0.25, 0.3) is 10.9 Å². The number of fused-ring (bicyclic) bond motifs is 1. The van der Waals surface area contributed by atoms with Crippen molar-refractivity contribution >= 4 is 34.5 Å². The van der Waals surface area contributed by atoms with E-state index >= 15 is 0 Å². The summed E-state index contributed by atoms with van der Waals surface area (Å²) in [7, 11) is 4.72. The summed E-state index contributed by atoms with van der Waals surface area (Å²) >= 11 is 1.13. The number of anilines is 1. The normalized spacial score (nSPS) is 10.8. The van der Waals surface area contributed by atoms with Crippen molar-refractivity contribution < 1.29 is 28.7 Å². The summed E-state index contributed by atoms with van der Waals surface area (Å²) in [6.07, 6.45) is 0.729. The van der Waals surface area contributed by atoms with Gasteiger partial charge < -0.3 is 25.1 Å². The van der Waals surface area contributed by atoms with Crippen LogP contribution >= 0.6 is 11.8 Å². The molecule has 0 atom stereocenters. The molecule has 0 aliphatic heterocycles. The van der Waals surface area contributed by atoms with Gasteiger partial charge in [0.15, 0.2) is 17.0 Å². The Balaban J connectivity index is 2.56. The van der Waals surface area contributed by atoms with E-state index in [9.17, 15) is 4.79 Å². The highest BCUT2D eigenvalue weighted by Gasteiger charge is 2.22. The lowest BCUT2D eigenvalue weighted by Gasteiger charge is -2.12. The predicted molar refractivity (Wildman–Crippen MR) is 94.3 cm³/mol. The van der Waals surface area contributed by atoms with Gasteiger partial charge in [-0.05, 0) is 11.8 Å². The van der Waals surface area contributed by atoms with E-state index in [4.69, 9.17) is 25.1 Å². The molecule has 0 unspecified atom stereocenters.